The van der Waals surface area contributed by atoms with Crippen molar-refractivity contribution in [2.45, 2.75) is 25.7 Å². The SMILES string of the molecule is N#CC(=O)CN1C(=O)C2CCCCC2C1=O. The summed E-state index contributed by atoms with van der Waals surface area (Å²) in [6.07, 6.45) is 3.37. The predicted octanol–water partition coefficient (Wildman–Crippen LogP) is 0.254. The average molecular weight is 220 g/mol. The number of hydrogen-bond acceptors (Lipinski definition) is 4. The smallest absolute Gasteiger partial charge is 0.251 e. The Morgan fingerprint density at radius 1 is 1.25 bits per heavy atom. The molecule has 1 aliphatic heterocycles. The number of nitriles is 1. The van der Waals surface area contributed by atoms with E-state index in [1.54, 1.807) is 0 Å². The highest BCUT2D eigenvalue weighted by atomic mass is 16.2. The highest BCUT2D eigenvalue weighted by Gasteiger charge is 2.48. The summed E-state index contributed by atoms with van der Waals surface area (Å²) in [5.74, 6) is -1.75. The van der Waals surface area contributed by atoms with E-state index in [-0.39, 0.29) is 30.2 Å². The van der Waals surface area contributed by atoms with Gasteiger partial charge in [-0.2, -0.15) is 5.26 Å². The fourth-order valence-electron chi connectivity index (χ4n) is 2.57. The summed E-state index contributed by atoms with van der Waals surface area (Å²) in [5.41, 5.74) is 0. The van der Waals surface area contributed by atoms with Gasteiger partial charge in [0.2, 0.25) is 11.8 Å². The van der Waals surface area contributed by atoms with Crippen LogP contribution in [-0.2, 0) is 14.4 Å². The van der Waals surface area contributed by atoms with Gasteiger partial charge in [0, 0.05) is 0 Å². The average Bonchev–Trinajstić information content (AvgIpc) is 2.55. The highest BCUT2D eigenvalue weighted by Crippen LogP contribution is 2.37. The maximum absolute atomic E-state index is 11.8. The van der Waals surface area contributed by atoms with Gasteiger partial charge in [0.25, 0.3) is 5.78 Å². The summed E-state index contributed by atoms with van der Waals surface area (Å²) in [7, 11) is 0. The molecule has 1 heterocycles. The molecule has 2 amide bonds. The van der Waals surface area contributed by atoms with Crippen LogP contribution in [0.25, 0.3) is 0 Å². The summed E-state index contributed by atoms with van der Waals surface area (Å²) >= 11 is 0. The Hall–Kier alpha value is -1.70. The summed E-state index contributed by atoms with van der Waals surface area (Å²) in [5, 5.41) is 8.38. The van der Waals surface area contributed by atoms with E-state index in [0.717, 1.165) is 30.6 Å². The summed E-state index contributed by atoms with van der Waals surface area (Å²) in [4.78, 5) is 35.6. The lowest BCUT2D eigenvalue weighted by atomic mass is 9.81. The van der Waals surface area contributed by atoms with Gasteiger partial charge in [-0.15, -0.1) is 0 Å². The molecule has 2 fully saturated rings. The predicted molar refractivity (Wildman–Crippen MR) is 52.8 cm³/mol. The molecule has 0 aromatic carbocycles. The monoisotopic (exact) mass is 220 g/mol. The van der Waals surface area contributed by atoms with E-state index in [0.29, 0.717) is 0 Å². The van der Waals surface area contributed by atoms with E-state index in [2.05, 4.69) is 0 Å². The maximum atomic E-state index is 11.8. The molecule has 5 heteroatoms. The molecule has 0 bridgehead atoms. The van der Waals surface area contributed by atoms with Crippen molar-refractivity contribution < 1.29 is 14.4 Å². The van der Waals surface area contributed by atoms with Crippen molar-refractivity contribution in [3.05, 3.63) is 0 Å². The van der Waals surface area contributed by atoms with Crippen LogP contribution in [-0.4, -0.2) is 29.0 Å². The number of imide groups is 1. The van der Waals surface area contributed by atoms with Crippen LogP contribution in [0.2, 0.25) is 0 Å². The van der Waals surface area contributed by atoms with Crippen LogP contribution >= 0.6 is 0 Å². The molecular formula is C11H12N2O3. The molecule has 2 atom stereocenters. The van der Waals surface area contributed by atoms with Crippen molar-refractivity contribution in [1.29, 1.82) is 5.26 Å². The molecule has 0 N–H and O–H groups in total. The molecule has 1 aliphatic carbocycles. The van der Waals surface area contributed by atoms with Gasteiger partial charge in [-0.3, -0.25) is 19.3 Å². The molecule has 16 heavy (non-hydrogen) atoms. The molecule has 2 unspecified atom stereocenters. The first-order valence-corrected chi connectivity index (χ1v) is 5.43. The van der Waals surface area contributed by atoms with Crippen molar-refractivity contribution in [2.24, 2.45) is 11.8 Å². The summed E-state index contributed by atoms with van der Waals surface area (Å²) in [6.45, 7) is -0.374. The van der Waals surface area contributed by atoms with Gasteiger partial charge in [-0.05, 0) is 12.8 Å². The van der Waals surface area contributed by atoms with Gasteiger partial charge in [0.1, 0.15) is 12.6 Å². The second kappa shape index (κ2) is 4.05. The van der Waals surface area contributed by atoms with Crippen LogP contribution in [0.5, 0.6) is 0 Å². The van der Waals surface area contributed by atoms with E-state index in [4.69, 9.17) is 5.26 Å². The van der Waals surface area contributed by atoms with E-state index in [1.807, 2.05) is 0 Å². The lowest BCUT2D eigenvalue weighted by Gasteiger charge is -2.19. The quantitative estimate of drug-likeness (QED) is 0.493. The van der Waals surface area contributed by atoms with E-state index >= 15 is 0 Å². The third-order valence-electron chi connectivity index (χ3n) is 3.36. The number of fused-ring (bicyclic) bond motifs is 1. The van der Waals surface area contributed by atoms with Crippen molar-refractivity contribution in [3.63, 3.8) is 0 Å². The van der Waals surface area contributed by atoms with Gasteiger partial charge >= 0.3 is 0 Å². The Bertz CT molecular complexity index is 373. The number of Topliss-reactive ketones (excluding diaryl/α,β-unsaturated/α-hetero) is 1. The Balaban J connectivity index is 2.16. The molecule has 0 aromatic rings. The Morgan fingerprint density at radius 2 is 1.75 bits per heavy atom. The van der Waals surface area contributed by atoms with Crippen molar-refractivity contribution in [3.8, 4) is 6.07 Å². The molecule has 0 radical (unpaired) electrons. The third kappa shape index (κ3) is 1.60. The van der Waals surface area contributed by atoms with Crippen molar-refractivity contribution in [2.75, 3.05) is 6.54 Å². The van der Waals surface area contributed by atoms with Gasteiger partial charge in [-0.1, -0.05) is 12.8 Å². The first kappa shape index (κ1) is 10.8. The molecule has 5 nitrogen and oxygen atoms in total. The first-order valence-electron chi connectivity index (χ1n) is 5.43. The topological polar surface area (TPSA) is 78.2 Å². The van der Waals surface area contributed by atoms with Crippen molar-refractivity contribution >= 4 is 17.6 Å². The van der Waals surface area contributed by atoms with Crippen LogP contribution in [0, 0.1) is 23.2 Å². The fraction of sp³-hybridized carbons (Fsp3) is 0.636. The zero-order valence-electron chi connectivity index (χ0n) is 8.81. The molecule has 2 rings (SSSR count). The van der Waals surface area contributed by atoms with Gasteiger partial charge in [-0.25, -0.2) is 0 Å². The number of ketones is 1. The number of amides is 2. The highest BCUT2D eigenvalue weighted by molar-refractivity contribution is 6.09. The van der Waals surface area contributed by atoms with Gasteiger partial charge in [0.15, 0.2) is 0 Å². The largest absolute Gasteiger partial charge is 0.281 e. The lowest BCUT2D eigenvalue weighted by molar-refractivity contribution is -0.142. The third-order valence-corrected chi connectivity index (χ3v) is 3.36. The second-order valence-electron chi connectivity index (χ2n) is 4.30. The van der Waals surface area contributed by atoms with E-state index in [1.165, 1.54) is 6.07 Å². The Morgan fingerprint density at radius 3 is 2.19 bits per heavy atom. The Kier molecular flexibility index (Phi) is 2.73. The number of carbonyl (C=O) groups excluding carboxylic acids is 3. The van der Waals surface area contributed by atoms with Crippen LogP contribution in [0.1, 0.15) is 25.7 Å². The molecule has 1 saturated heterocycles. The molecular weight excluding hydrogens is 208 g/mol. The number of likely N-dealkylation sites (tertiary alicyclic amines) is 1. The van der Waals surface area contributed by atoms with Crippen LogP contribution in [0.3, 0.4) is 0 Å². The summed E-state index contributed by atoms with van der Waals surface area (Å²) < 4.78 is 0. The Labute approximate surface area is 93.0 Å². The van der Waals surface area contributed by atoms with Crippen LogP contribution in [0.15, 0.2) is 0 Å². The molecule has 2 aliphatic rings. The van der Waals surface area contributed by atoms with Crippen LogP contribution in [0.4, 0.5) is 0 Å². The van der Waals surface area contributed by atoms with Gasteiger partial charge in [0.05, 0.1) is 11.8 Å². The van der Waals surface area contributed by atoms with E-state index < -0.39 is 5.78 Å². The molecule has 84 valence electrons. The maximum Gasteiger partial charge on any atom is 0.251 e. The van der Waals surface area contributed by atoms with Crippen LogP contribution < -0.4 is 0 Å². The van der Waals surface area contributed by atoms with Gasteiger partial charge < -0.3 is 0 Å². The number of nitrogens with zero attached hydrogens (tertiary/aromatic N) is 2. The molecule has 1 saturated carbocycles. The molecule has 0 spiro atoms. The molecule has 0 aromatic heterocycles. The van der Waals surface area contributed by atoms with E-state index in [9.17, 15) is 14.4 Å². The zero-order valence-corrected chi connectivity index (χ0v) is 8.81. The lowest BCUT2D eigenvalue weighted by Crippen LogP contribution is -2.35. The first-order chi connectivity index (χ1) is 7.65. The van der Waals surface area contributed by atoms with Crippen molar-refractivity contribution in [1.82, 2.24) is 4.90 Å². The standard InChI is InChI=1S/C11H12N2O3/c12-5-7(14)6-13-10(15)8-3-1-2-4-9(8)11(13)16/h8-9H,1-4,6H2. The normalized spacial score (nSPS) is 28.8. The number of rotatable bonds is 2. The zero-order chi connectivity index (χ0) is 11.7. The minimum Gasteiger partial charge on any atom is -0.281 e. The number of hydrogen-bond donors (Lipinski definition) is 0. The second-order valence-corrected chi connectivity index (χ2v) is 4.30. The number of carbonyl (C=O) groups is 3. The minimum atomic E-state index is -0.736. The summed E-state index contributed by atoms with van der Waals surface area (Å²) in [6, 6.07) is 1.43. The fourth-order valence-corrected chi connectivity index (χ4v) is 2.57. The minimum absolute atomic E-state index is 0.243.